The molecule has 55 heavy (non-hydrogen) atoms. The molecule has 0 radical (unpaired) electrons. The number of aryl methyl sites for hydroxylation is 1. The number of ether oxygens (including phenoxy) is 1. The normalized spacial score (nSPS) is 16.5. The highest BCUT2D eigenvalue weighted by molar-refractivity contribution is 7.92. The zero-order valence-electron chi connectivity index (χ0n) is 32.3. The maximum Gasteiger partial charge on any atom is 0.407 e. The maximum atomic E-state index is 14.6. The lowest BCUT2D eigenvalue weighted by atomic mass is 10.0. The van der Waals surface area contributed by atoms with E-state index in [-0.39, 0.29) is 37.7 Å². The van der Waals surface area contributed by atoms with Gasteiger partial charge in [0.05, 0.1) is 23.0 Å². The number of nitrogens with zero attached hydrogens (tertiary/aromatic N) is 2. The number of aliphatic hydroxyl groups is 1. The van der Waals surface area contributed by atoms with Gasteiger partial charge in [-0.25, -0.2) is 22.0 Å². The average molecular weight is 785 g/mol. The van der Waals surface area contributed by atoms with Crippen molar-refractivity contribution in [2.45, 2.75) is 102 Å². The number of nitrogens with one attached hydrogen (secondary N) is 1. The lowest BCUT2D eigenvalue weighted by molar-refractivity contribution is -0.137. The number of sulfone groups is 1. The zero-order chi connectivity index (χ0) is 40.0. The minimum Gasteiger partial charge on any atom is -0.445 e. The first kappa shape index (κ1) is 43.8. The second-order valence-electron chi connectivity index (χ2n) is 14.7. The molecule has 1 aliphatic rings. The van der Waals surface area contributed by atoms with E-state index >= 15 is 0 Å². The summed E-state index contributed by atoms with van der Waals surface area (Å²) in [5.74, 6) is -3.86. The van der Waals surface area contributed by atoms with Gasteiger partial charge >= 0.3 is 6.09 Å². The summed E-state index contributed by atoms with van der Waals surface area (Å²) in [5, 5.41) is 13.4. The van der Waals surface area contributed by atoms with Crippen molar-refractivity contribution in [3.05, 3.63) is 107 Å². The molecule has 1 unspecified atom stereocenters. The van der Waals surface area contributed by atoms with Gasteiger partial charge in [-0.05, 0) is 66.5 Å². The fraction of sp³-hybridized carbons (Fsp3) is 0.524. The third kappa shape index (κ3) is 14.0. The van der Waals surface area contributed by atoms with E-state index in [1.165, 1.54) is 4.90 Å². The van der Waals surface area contributed by atoms with Gasteiger partial charge in [0.1, 0.15) is 17.7 Å². The van der Waals surface area contributed by atoms with Crippen molar-refractivity contribution in [2.24, 2.45) is 11.7 Å². The number of carbonyl (C=O) groups is 2. The topological polar surface area (TPSA) is 142 Å². The van der Waals surface area contributed by atoms with Gasteiger partial charge in [-0.3, -0.25) is 9.69 Å². The number of nitrogens with two attached hydrogens (primary N) is 1. The minimum atomic E-state index is -3.81. The highest BCUT2D eigenvalue weighted by Crippen LogP contribution is 2.22. The summed E-state index contributed by atoms with van der Waals surface area (Å²) in [5.41, 5.74) is 9.52. The highest BCUT2D eigenvalue weighted by atomic mass is 32.2. The van der Waals surface area contributed by atoms with Crippen molar-refractivity contribution in [1.82, 2.24) is 15.1 Å². The van der Waals surface area contributed by atoms with Crippen molar-refractivity contribution >= 4 is 21.8 Å². The Kier molecular flexibility index (Phi) is 17.1. The second-order valence-corrected chi connectivity index (χ2v) is 17.1. The molecule has 1 aliphatic heterocycles. The van der Waals surface area contributed by atoms with Crippen LogP contribution in [0.25, 0.3) is 0 Å². The number of amides is 2. The van der Waals surface area contributed by atoms with Crippen molar-refractivity contribution in [3.63, 3.8) is 0 Å². The lowest BCUT2D eigenvalue weighted by Crippen LogP contribution is -2.50. The number of carbonyl (C=O) groups excluding carboxylic acids is 2. The molecule has 3 aromatic rings. The van der Waals surface area contributed by atoms with E-state index in [9.17, 15) is 31.9 Å². The van der Waals surface area contributed by atoms with Crippen LogP contribution in [0, 0.1) is 17.6 Å². The average Bonchev–Trinajstić information content (AvgIpc) is 3.58. The van der Waals surface area contributed by atoms with Crippen molar-refractivity contribution in [3.8, 4) is 0 Å². The smallest absolute Gasteiger partial charge is 0.407 e. The number of alkyl carbamates (subject to hydrolysis) is 1. The number of hydrogen-bond donors (Lipinski definition) is 3. The number of hydrogen-bond acceptors (Lipinski definition) is 8. The molecular formula is C42H58F2N4O6S. The number of benzene rings is 3. The standard InChI is InChI=1S/C42H58F2N4O6S/c1-4-11-38(12-5-2)55(52,53)29-34(24-46-42(51)54-37-17-18-47(27-37)25-31-13-8-7-9-14-31)41(50)48(26-32-16-10-15-30(6-3)19-32)28-40(49)39(45)22-33-20-35(43)23-36(44)21-33/h7-10,13-16,19-21,23,34,37-40,49H,4-6,11-12,17-18,22,24-29,45H2,1-3H3,(H,46,51)/t34?,37-,39+,40-/m1/s1. The van der Waals surface area contributed by atoms with Gasteiger partial charge in [0, 0.05) is 51.4 Å². The van der Waals surface area contributed by atoms with Crippen LogP contribution in [0.3, 0.4) is 0 Å². The molecular weight excluding hydrogens is 727 g/mol. The SMILES string of the molecule is CCCC(CCC)S(=O)(=O)CC(CNC(=O)O[C@@H]1CCN(Cc2ccccc2)C1)C(=O)N(Cc1cccc(CC)c1)C[C@@H](O)[C@@H](N)Cc1cc(F)cc(F)c1. The van der Waals surface area contributed by atoms with Gasteiger partial charge in [-0.1, -0.05) is 88.2 Å². The highest BCUT2D eigenvalue weighted by Gasteiger charge is 2.35. The molecule has 2 amide bonds. The fourth-order valence-electron chi connectivity index (χ4n) is 7.22. The molecule has 13 heteroatoms. The maximum absolute atomic E-state index is 14.6. The molecule has 0 bridgehead atoms. The molecule has 1 fully saturated rings. The summed E-state index contributed by atoms with van der Waals surface area (Å²) >= 11 is 0. The van der Waals surface area contributed by atoms with E-state index in [4.69, 9.17) is 10.5 Å². The number of likely N-dealkylation sites (tertiary alicyclic amines) is 1. The third-order valence-electron chi connectivity index (χ3n) is 10.1. The van der Waals surface area contributed by atoms with Crippen LogP contribution in [0.4, 0.5) is 13.6 Å². The predicted molar refractivity (Wildman–Crippen MR) is 211 cm³/mol. The first-order valence-electron chi connectivity index (χ1n) is 19.5. The summed E-state index contributed by atoms with van der Waals surface area (Å²) in [7, 11) is -3.81. The van der Waals surface area contributed by atoms with Gasteiger partial charge in [0.2, 0.25) is 5.91 Å². The summed E-state index contributed by atoms with van der Waals surface area (Å²) in [6.07, 6.45) is 1.03. The number of aliphatic hydroxyl groups excluding tert-OH is 1. The molecule has 0 aliphatic carbocycles. The molecule has 3 aromatic carbocycles. The predicted octanol–water partition coefficient (Wildman–Crippen LogP) is 5.79. The Morgan fingerprint density at radius 1 is 0.945 bits per heavy atom. The zero-order valence-corrected chi connectivity index (χ0v) is 33.2. The van der Waals surface area contributed by atoms with Crippen molar-refractivity contribution in [2.75, 3.05) is 31.9 Å². The van der Waals surface area contributed by atoms with Gasteiger partial charge in [0.25, 0.3) is 0 Å². The van der Waals surface area contributed by atoms with Crippen LogP contribution >= 0.6 is 0 Å². The van der Waals surface area contributed by atoms with E-state index in [1.54, 1.807) is 0 Å². The Morgan fingerprint density at radius 3 is 2.25 bits per heavy atom. The van der Waals surface area contributed by atoms with Crippen LogP contribution in [0.1, 0.15) is 75.1 Å². The molecule has 0 aromatic heterocycles. The molecule has 4 rings (SSSR count). The molecule has 0 spiro atoms. The second kappa shape index (κ2) is 21.4. The number of halogens is 2. The fourth-order valence-corrected chi connectivity index (χ4v) is 9.50. The third-order valence-corrected chi connectivity index (χ3v) is 12.5. The molecule has 1 heterocycles. The first-order chi connectivity index (χ1) is 26.3. The minimum absolute atomic E-state index is 0.0265. The largest absolute Gasteiger partial charge is 0.445 e. The summed E-state index contributed by atoms with van der Waals surface area (Å²) in [6.45, 7) is 7.27. The molecule has 302 valence electrons. The van der Waals surface area contributed by atoms with Crippen molar-refractivity contribution in [1.29, 1.82) is 0 Å². The van der Waals surface area contributed by atoms with Crippen molar-refractivity contribution < 1.29 is 36.6 Å². The van der Waals surface area contributed by atoms with Gasteiger partial charge < -0.3 is 25.8 Å². The summed E-state index contributed by atoms with van der Waals surface area (Å²) < 4.78 is 61.5. The Hall–Kier alpha value is -3.91. The van der Waals surface area contributed by atoms with E-state index in [0.717, 1.165) is 54.4 Å². The molecule has 4 N–H and O–H groups in total. The monoisotopic (exact) mass is 784 g/mol. The Labute approximate surface area is 325 Å². The van der Waals surface area contributed by atoms with Crippen LogP contribution < -0.4 is 11.1 Å². The summed E-state index contributed by atoms with van der Waals surface area (Å²) in [6, 6.07) is 19.6. The van der Waals surface area contributed by atoms with Crippen LogP contribution in [0.2, 0.25) is 0 Å². The Morgan fingerprint density at radius 2 is 1.60 bits per heavy atom. The first-order valence-corrected chi connectivity index (χ1v) is 21.2. The molecule has 0 saturated carbocycles. The molecule has 10 nitrogen and oxygen atoms in total. The molecule has 4 atom stereocenters. The van der Waals surface area contributed by atoms with Crippen LogP contribution in [0.15, 0.2) is 72.8 Å². The number of rotatable bonds is 21. The van der Waals surface area contributed by atoms with Gasteiger partial charge in [-0.15, -0.1) is 0 Å². The van der Waals surface area contributed by atoms with E-state index in [0.29, 0.717) is 38.6 Å². The van der Waals surface area contributed by atoms with Crippen LogP contribution in [-0.2, 0) is 45.3 Å². The Balaban J connectivity index is 1.55. The van der Waals surface area contributed by atoms with E-state index in [2.05, 4.69) is 10.2 Å². The quantitative estimate of drug-likeness (QED) is 0.123. The molecule has 1 saturated heterocycles. The van der Waals surface area contributed by atoms with Crippen LogP contribution in [-0.4, -0.2) is 90.8 Å². The van der Waals surface area contributed by atoms with E-state index in [1.807, 2.05) is 75.4 Å². The van der Waals surface area contributed by atoms with E-state index < -0.39 is 62.5 Å². The van der Waals surface area contributed by atoms with Gasteiger partial charge in [-0.2, -0.15) is 0 Å². The lowest BCUT2D eigenvalue weighted by Gasteiger charge is -2.32. The van der Waals surface area contributed by atoms with Crippen LogP contribution in [0.5, 0.6) is 0 Å². The van der Waals surface area contributed by atoms with Gasteiger partial charge in [0.15, 0.2) is 9.84 Å². The summed E-state index contributed by atoms with van der Waals surface area (Å²) in [4.78, 5) is 31.3. The Bertz CT molecular complexity index is 1760.